The van der Waals surface area contributed by atoms with Crippen LogP contribution in [0.3, 0.4) is 0 Å². The Morgan fingerprint density at radius 2 is 1.95 bits per heavy atom. The lowest BCUT2D eigenvalue weighted by atomic mass is 10.0. The van der Waals surface area contributed by atoms with Gasteiger partial charge in [-0.3, -0.25) is 4.79 Å². The Labute approximate surface area is 120 Å². The second-order valence-corrected chi connectivity index (χ2v) is 5.33. The molecule has 0 aliphatic heterocycles. The van der Waals surface area contributed by atoms with Crippen LogP contribution in [0.2, 0.25) is 0 Å². The van der Waals surface area contributed by atoms with E-state index in [0.29, 0.717) is 10.6 Å². The topological polar surface area (TPSA) is 63.6 Å². The second kappa shape index (κ2) is 5.88. The van der Waals surface area contributed by atoms with Crippen LogP contribution in [-0.2, 0) is 6.42 Å². The normalized spacial score (nSPS) is 10.3. The van der Waals surface area contributed by atoms with Crippen molar-refractivity contribution in [3.8, 4) is 5.75 Å². The predicted octanol–water partition coefficient (Wildman–Crippen LogP) is 3.25. The van der Waals surface area contributed by atoms with Crippen LogP contribution < -0.4 is 4.74 Å². The number of rotatable bonds is 5. The third kappa shape index (κ3) is 2.72. The fourth-order valence-electron chi connectivity index (χ4n) is 1.85. The van der Waals surface area contributed by atoms with Gasteiger partial charge in [0.1, 0.15) is 5.75 Å². The van der Waals surface area contributed by atoms with Crippen LogP contribution in [0.25, 0.3) is 0 Å². The minimum atomic E-state index is -1.12. The summed E-state index contributed by atoms with van der Waals surface area (Å²) in [5, 5.41) is 9.19. The van der Waals surface area contributed by atoms with Gasteiger partial charge in [0.2, 0.25) is 5.78 Å². The number of benzene rings is 1. The summed E-state index contributed by atoms with van der Waals surface area (Å²) in [7, 11) is 1.48. The zero-order valence-electron chi connectivity index (χ0n) is 11.2. The Hall–Kier alpha value is -2.14. The van der Waals surface area contributed by atoms with Crippen molar-refractivity contribution in [3.05, 3.63) is 51.2 Å². The first kappa shape index (κ1) is 14.3. The van der Waals surface area contributed by atoms with E-state index in [1.165, 1.54) is 36.6 Å². The van der Waals surface area contributed by atoms with Crippen molar-refractivity contribution in [2.24, 2.45) is 0 Å². The van der Waals surface area contributed by atoms with Gasteiger partial charge in [-0.1, -0.05) is 6.92 Å². The molecule has 0 spiro atoms. The van der Waals surface area contributed by atoms with E-state index in [9.17, 15) is 14.7 Å². The first-order chi connectivity index (χ1) is 9.56. The lowest BCUT2D eigenvalue weighted by Crippen LogP contribution is -2.09. The molecule has 0 fully saturated rings. The summed E-state index contributed by atoms with van der Waals surface area (Å²) in [5.41, 5.74) is 0.142. The molecule has 0 aliphatic carbocycles. The Kier molecular flexibility index (Phi) is 4.20. The van der Waals surface area contributed by atoms with E-state index in [1.54, 1.807) is 6.07 Å². The number of thiophene rings is 1. The second-order valence-electron chi connectivity index (χ2n) is 4.17. The minimum absolute atomic E-state index is 0.0118. The number of methoxy groups -OCH3 is 1. The molecule has 0 atom stereocenters. The SMILES string of the molecule is CCc1ccc(C(=O)c2cc(OC)ccc2C(=O)O)s1. The molecule has 4 nitrogen and oxygen atoms in total. The number of ether oxygens (including phenoxy) is 1. The molecule has 0 amide bonds. The number of carboxylic acids is 1. The van der Waals surface area contributed by atoms with Crippen molar-refractivity contribution in [3.63, 3.8) is 0 Å². The van der Waals surface area contributed by atoms with Gasteiger partial charge in [-0.25, -0.2) is 4.79 Å². The molecule has 0 bridgehead atoms. The third-order valence-corrected chi connectivity index (χ3v) is 4.16. The fourth-order valence-corrected chi connectivity index (χ4v) is 2.75. The molecule has 0 saturated heterocycles. The molecule has 5 heteroatoms. The lowest BCUT2D eigenvalue weighted by Gasteiger charge is -2.06. The lowest BCUT2D eigenvalue weighted by molar-refractivity contribution is 0.0693. The number of aromatic carboxylic acids is 1. The smallest absolute Gasteiger partial charge is 0.336 e. The van der Waals surface area contributed by atoms with Crippen molar-refractivity contribution in [1.82, 2.24) is 0 Å². The molecule has 0 radical (unpaired) electrons. The van der Waals surface area contributed by atoms with Crippen molar-refractivity contribution in [2.45, 2.75) is 13.3 Å². The van der Waals surface area contributed by atoms with Crippen LogP contribution in [-0.4, -0.2) is 24.0 Å². The number of carbonyl (C=O) groups excluding carboxylic acids is 1. The van der Waals surface area contributed by atoms with Gasteiger partial charge >= 0.3 is 5.97 Å². The van der Waals surface area contributed by atoms with Gasteiger partial charge in [-0.2, -0.15) is 0 Å². The largest absolute Gasteiger partial charge is 0.497 e. The summed E-state index contributed by atoms with van der Waals surface area (Å²) in [6.45, 7) is 2.01. The average Bonchev–Trinajstić information content (AvgIpc) is 2.94. The van der Waals surface area contributed by atoms with Crippen LogP contribution in [0.15, 0.2) is 30.3 Å². The van der Waals surface area contributed by atoms with E-state index < -0.39 is 5.97 Å². The number of hydrogen-bond acceptors (Lipinski definition) is 4. The number of ketones is 1. The molecule has 104 valence electrons. The van der Waals surface area contributed by atoms with E-state index in [0.717, 1.165) is 11.3 Å². The molecule has 0 saturated carbocycles. The van der Waals surface area contributed by atoms with Gasteiger partial charge in [-0.15, -0.1) is 11.3 Å². The highest BCUT2D eigenvalue weighted by atomic mass is 32.1. The Morgan fingerprint density at radius 1 is 1.20 bits per heavy atom. The molecule has 0 aliphatic rings. The Balaban J connectivity index is 2.49. The van der Waals surface area contributed by atoms with Crippen molar-refractivity contribution in [1.29, 1.82) is 0 Å². The van der Waals surface area contributed by atoms with Gasteiger partial charge in [0.05, 0.1) is 17.6 Å². The van der Waals surface area contributed by atoms with Crippen molar-refractivity contribution in [2.75, 3.05) is 7.11 Å². The van der Waals surface area contributed by atoms with E-state index in [-0.39, 0.29) is 16.9 Å². The maximum absolute atomic E-state index is 12.5. The Bertz CT molecular complexity index is 658. The Morgan fingerprint density at radius 3 is 2.50 bits per heavy atom. The van der Waals surface area contributed by atoms with Crippen LogP contribution in [0, 0.1) is 0 Å². The van der Waals surface area contributed by atoms with Crippen LogP contribution in [0.4, 0.5) is 0 Å². The van der Waals surface area contributed by atoms with E-state index in [4.69, 9.17) is 4.74 Å². The van der Waals surface area contributed by atoms with E-state index >= 15 is 0 Å². The van der Waals surface area contributed by atoms with Crippen molar-refractivity contribution < 1.29 is 19.4 Å². The molecule has 2 rings (SSSR count). The third-order valence-electron chi connectivity index (χ3n) is 2.94. The number of carbonyl (C=O) groups is 2. The van der Waals surface area contributed by atoms with E-state index in [1.807, 2.05) is 13.0 Å². The summed E-state index contributed by atoms with van der Waals surface area (Å²) >= 11 is 1.39. The summed E-state index contributed by atoms with van der Waals surface area (Å²) < 4.78 is 5.06. The molecule has 1 aromatic carbocycles. The highest BCUT2D eigenvalue weighted by Crippen LogP contribution is 2.25. The first-order valence-electron chi connectivity index (χ1n) is 6.11. The standard InChI is InChI=1S/C15H14O4S/c1-3-10-5-7-13(20-10)14(16)12-8-9(19-2)4-6-11(12)15(17)18/h4-8H,3H2,1-2H3,(H,17,18). The first-order valence-corrected chi connectivity index (χ1v) is 6.93. The average molecular weight is 290 g/mol. The number of hydrogen-bond donors (Lipinski definition) is 1. The highest BCUT2D eigenvalue weighted by Gasteiger charge is 2.20. The summed E-state index contributed by atoms with van der Waals surface area (Å²) in [6, 6.07) is 8.02. The van der Waals surface area contributed by atoms with Gasteiger partial charge < -0.3 is 9.84 Å². The van der Waals surface area contributed by atoms with Crippen LogP contribution in [0.5, 0.6) is 5.75 Å². The number of carboxylic acid groups (broad SMARTS) is 1. The van der Waals surface area contributed by atoms with Crippen LogP contribution >= 0.6 is 11.3 Å². The van der Waals surface area contributed by atoms with Gasteiger partial charge in [-0.05, 0) is 36.8 Å². The number of aryl methyl sites for hydroxylation is 1. The molecule has 1 aromatic heterocycles. The van der Waals surface area contributed by atoms with Crippen LogP contribution in [0.1, 0.15) is 37.4 Å². The molecule has 2 aromatic rings. The summed E-state index contributed by atoms with van der Waals surface area (Å²) in [5.74, 6) is -0.945. The van der Waals surface area contributed by atoms with E-state index in [2.05, 4.69) is 0 Å². The van der Waals surface area contributed by atoms with Crippen molar-refractivity contribution >= 4 is 23.1 Å². The molecule has 1 heterocycles. The van der Waals surface area contributed by atoms with Gasteiger partial charge in [0, 0.05) is 10.4 Å². The molecular formula is C15H14O4S. The zero-order chi connectivity index (χ0) is 14.7. The maximum atomic E-state index is 12.5. The molecule has 0 unspecified atom stereocenters. The molecule has 20 heavy (non-hydrogen) atoms. The fraction of sp³-hybridized carbons (Fsp3) is 0.200. The minimum Gasteiger partial charge on any atom is -0.497 e. The molecular weight excluding hydrogens is 276 g/mol. The maximum Gasteiger partial charge on any atom is 0.336 e. The predicted molar refractivity (Wildman–Crippen MR) is 77.1 cm³/mol. The van der Waals surface area contributed by atoms with Gasteiger partial charge in [0.25, 0.3) is 0 Å². The monoisotopic (exact) mass is 290 g/mol. The highest BCUT2D eigenvalue weighted by molar-refractivity contribution is 7.14. The molecule has 1 N–H and O–H groups in total. The van der Waals surface area contributed by atoms with Gasteiger partial charge in [0.15, 0.2) is 0 Å². The quantitative estimate of drug-likeness (QED) is 0.859. The summed E-state index contributed by atoms with van der Waals surface area (Å²) in [4.78, 5) is 25.3. The summed E-state index contributed by atoms with van der Waals surface area (Å²) in [6.07, 6.45) is 0.849. The zero-order valence-corrected chi connectivity index (χ0v) is 12.0.